The van der Waals surface area contributed by atoms with Crippen LogP contribution in [0.2, 0.25) is 0 Å². The summed E-state index contributed by atoms with van der Waals surface area (Å²) in [4.78, 5) is 17.9. The molecule has 0 radical (unpaired) electrons. The molecule has 3 rings (SSSR count). The van der Waals surface area contributed by atoms with Crippen molar-refractivity contribution in [3.05, 3.63) is 47.7 Å². The molecule has 0 aliphatic carbocycles. The van der Waals surface area contributed by atoms with E-state index in [1.807, 2.05) is 18.2 Å². The number of phenols is 1. The lowest BCUT2D eigenvalue weighted by Crippen LogP contribution is -2.17. The lowest BCUT2D eigenvalue weighted by molar-refractivity contribution is 0.0814. The van der Waals surface area contributed by atoms with Gasteiger partial charge in [-0.15, -0.1) is 6.58 Å². The second kappa shape index (κ2) is 4.63. The van der Waals surface area contributed by atoms with Gasteiger partial charge in [0.2, 0.25) is 0 Å². The molecule has 0 atom stereocenters. The number of aryl methyl sites for hydroxylation is 1. The third-order valence-corrected chi connectivity index (χ3v) is 3.69. The maximum Gasteiger partial charge on any atom is 0.258 e. The van der Waals surface area contributed by atoms with Gasteiger partial charge in [0.25, 0.3) is 5.91 Å². The molecule has 1 aliphatic heterocycles. The number of aromatic nitrogens is 1. The van der Waals surface area contributed by atoms with E-state index in [1.165, 1.54) is 0 Å². The van der Waals surface area contributed by atoms with Crippen LogP contribution in [0.5, 0.6) is 5.75 Å². The Labute approximate surface area is 117 Å². The van der Waals surface area contributed by atoms with Crippen molar-refractivity contribution < 1.29 is 9.90 Å². The molecule has 102 valence electrons. The van der Waals surface area contributed by atoms with Crippen molar-refractivity contribution in [1.29, 1.82) is 0 Å². The van der Waals surface area contributed by atoms with E-state index in [9.17, 15) is 9.90 Å². The number of hydrogen-bond acceptors (Lipinski definition) is 3. The Morgan fingerprint density at radius 3 is 3.05 bits per heavy atom. The van der Waals surface area contributed by atoms with E-state index in [4.69, 9.17) is 0 Å². The van der Waals surface area contributed by atoms with E-state index >= 15 is 0 Å². The fraction of sp³-hybridized carbons (Fsp3) is 0.250. The molecule has 2 aromatic rings. The predicted molar refractivity (Wildman–Crippen MR) is 77.7 cm³/mol. The second-order valence-corrected chi connectivity index (χ2v) is 5.16. The first-order valence-electron chi connectivity index (χ1n) is 6.61. The number of aromatic hydroxyl groups is 1. The molecule has 1 aromatic carbocycles. The number of nitrogens with zero attached hydrogens (tertiary/aromatic N) is 2. The zero-order chi connectivity index (χ0) is 14.3. The molecule has 20 heavy (non-hydrogen) atoms. The number of pyridine rings is 1. The summed E-state index contributed by atoms with van der Waals surface area (Å²) >= 11 is 0. The second-order valence-electron chi connectivity index (χ2n) is 5.16. The van der Waals surface area contributed by atoms with Crippen molar-refractivity contribution in [3.8, 4) is 5.75 Å². The molecule has 1 amide bonds. The summed E-state index contributed by atoms with van der Waals surface area (Å²) in [6.07, 6.45) is 5.40. The molecule has 0 spiro atoms. The fourth-order valence-electron chi connectivity index (χ4n) is 2.65. The summed E-state index contributed by atoms with van der Waals surface area (Å²) in [7, 11) is 1.73. The molecule has 4 nitrogen and oxygen atoms in total. The zero-order valence-corrected chi connectivity index (χ0v) is 11.4. The highest BCUT2D eigenvalue weighted by atomic mass is 16.3. The Bertz CT molecular complexity index is 722. The van der Waals surface area contributed by atoms with Gasteiger partial charge in [-0.1, -0.05) is 6.08 Å². The zero-order valence-electron chi connectivity index (χ0n) is 11.4. The fourth-order valence-corrected chi connectivity index (χ4v) is 2.65. The molecule has 1 aromatic heterocycles. The van der Waals surface area contributed by atoms with Gasteiger partial charge >= 0.3 is 0 Å². The molecule has 0 bridgehead atoms. The number of carbonyl (C=O) groups excluding carboxylic acids is 1. The SMILES string of the molecule is C=CCCc1cnc2c(O)c3c(cc2c1)CN(C)C3=O. The molecular formula is C16H16N2O2. The normalized spacial score (nSPS) is 13.8. The van der Waals surface area contributed by atoms with Crippen LogP contribution in [0.15, 0.2) is 31.0 Å². The van der Waals surface area contributed by atoms with Crippen molar-refractivity contribution in [2.24, 2.45) is 0 Å². The predicted octanol–water partition coefficient (Wildman–Crippen LogP) is 2.64. The summed E-state index contributed by atoms with van der Waals surface area (Å²) in [6.45, 7) is 4.25. The molecular weight excluding hydrogens is 252 g/mol. The molecule has 1 aliphatic rings. The van der Waals surface area contributed by atoms with E-state index in [0.29, 0.717) is 17.6 Å². The summed E-state index contributed by atoms with van der Waals surface area (Å²) < 4.78 is 0. The third-order valence-electron chi connectivity index (χ3n) is 3.69. The van der Waals surface area contributed by atoms with Crippen LogP contribution in [0.4, 0.5) is 0 Å². The summed E-state index contributed by atoms with van der Waals surface area (Å²) in [5.74, 6) is -0.140. The van der Waals surface area contributed by atoms with Gasteiger partial charge in [-0.05, 0) is 36.1 Å². The van der Waals surface area contributed by atoms with Gasteiger partial charge in [0, 0.05) is 25.2 Å². The Hall–Kier alpha value is -2.36. The van der Waals surface area contributed by atoms with Crippen LogP contribution < -0.4 is 0 Å². The van der Waals surface area contributed by atoms with E-state index < -0.39 is 0 Å². The number of allylic oxidation sites excluding steroid dienone is 1. The number of carbonyl (C=O) groups is 1. The van der Waals surface area contributed by atoms with Gasteiger partial charge in [0.15, 0.2) is 5.75 Å². The molecule has 1 N–H and O–H groups in total. The highest BCUT2D eigenvalue weighted by molar-refractivity contribution is 6.06. The largest absolute Gasteiger partial charge is 0.505 e. The van der Waals surface area contributed by atoms with Gasteiger partial charge in [-0.25, -0.2) is 0 Å². The quantitative estimate of drug-likeness (QED) is 0.871. The van der Waals surface area contributed by atoms with Crippen LogP contribution in [-0.2, 0) is 13.0 Å². The minimum Gasteiger partial charge on any atom is -0.505 e. The number of rotatable bonds is 3. The average molecular weight is 268 g/mol. The van der Waals surface area contributed by atoms with Crippen molar-refractivity contribution in [2.75, 3.05) is 7.05 Å². The Kier molecular flexibility index (Phi) is 2.93. The monoisotopic (exact) mass is 268 g/mol. The van der Waals surface area contributed by atoms with E-state index in [1.54, 1.807) is 18.1 Å². The first-order chi connectivity index (χ1) is 9.61. The van der Waals surface area contributed by atoms with Gasteiger partial charge in [0.1, 0.15) is 5.52 Å². The third kappa shape index (κ3) is 1.84. The topological polar surface area (TPSA) is 53.4 Å². The maximum absolute atomic E-state index is 12.0. The summed E-state index contributed by atoms with van der Waals surface area (Å²) in [5.41, 5.74) is 2.86. The van der Waals surface area contributed by atoms with Gasteiger partial charge in [-0.3, -0.25) is 9.78 Å². The van der Waals surface area contributed by atoms with Crippen LogP contribution >= 0.6 is 0 Å². The number of hydrogen-bond donors (Lipinski definition) is 1. The smallest absolute Gasteiger partial charge is 0.258 e. The lowest BCUT2D eigenvalue weighted by Gasteiger charge is -2.07. The molecule has 4 heteroatoms. The van der Waals surface area contributed by atoms with Crippen LogP contribution in [-0.4, -0.2) is 27.9 Å². The number of fused-ring (bicyclic) bond motifs is 2. The van der Waals surface area contributed by atoms with Crippen LogP contribution in [0.3, 0.4) is 0 Å². The first kappa shape index (κ1) is 12.7. The summed E-state index contributed by atoms with van der Waals surface area (Å²) in [5, 5.41) is 11.2. The number of amides is 1. The van der Waals surface area contributed by atoms with Crippen LogP contribution in [0.25, 0.3) is 10.9 Å². The van der Waals surface area contributed by atoms with Crippen LogP contribution in [0.1, 0.15) is 27.9 Å². The minimum absolute atomic E-state index is 0.00196. The van der Waals surface area contributed by atoms with Gasteiger partial charge in [-0.2, -0.15) is 0 Å². The van der Waals surface area contributed by atoms with Crippen molar-refractivity contribution >= 4 is 16.8 Å². The van der Waals surface area contributed by atoms with Gasteiger partial charge in [0.05, 0.1) is 5.56 Å². The Morgan fingerprint density at radius 2 is 2.30 bits per heavy atom. The number of phenolic OH excluding ortho intramolecular Hbond substituents is 1. The summed E-state index contributed by atoms with van der Waals surface area (Å²) in [6, 6.07) is 3.98. The Morgan fingerprint density at radius 1 is 1.50 bits per heavy atom. The average Bonchev–Trinajstić information content (AvgIpc) is 2.71. The minimum atomic E-state index is -0.142. The Balaban J connectivity index is 2.15. The van der Waals surface area contributed by atoms with Crippen molar-refractivity contribution in [1.82, 2.24) is 9.88 Å². The lowest BCUT2D eigenvalue weighted by atomic mass is 10.0. The van der Waals surface area contributed by atoms with E-state index in [0.717, 1.165) is 29.4 Å². The highest BCUT2D eigenvalue weighted by Crippen LogP contribution is 2.35. The molecule has 0 saturated carbocycles. The van der Waals surface area contributed by atoms with Crippen LogP contribution in [0, 0.1) is 0 Å². The molecule has 0 unspecified atom stereocenters. The molecule has 0 fully saturated rings. The maximum atomic E-state index is 12.0. The van der Waals surface area contributed by atoms with E-state index in [-0.39, 0.29) is 11.7 Å². The molecule has 0 saturated heterocycles. The van der Waals surface area contributed by atoms with Gasteiger partial charge < -0.3 is 10.0 Å². The standard InChI is InChI=1S/C16H16N2O2/c1-3-4-5-10-6-11-7-12-9-18(2)16(20)13(12)15(19)14(11)17-8-10/h3,6-8,19H,1,4-5,9H2,2H3. The van der Waals surface area contributed by atoms with Crippen molar-refractivity contribution in [3.63, 3.8) is 0 Å². The molecule has 2 heterocycles. The van der Waals surface area contributed by atoms with E-state index in [2.05, 4.69) is 11.6 Å². The number of benzene rings is 1. The highest BCUT2D eigenvalue weighted by Gasteiger charge is 2.29. The first-order valence-corrected chi connectivity index (χ1v) is 6.61. The van der Waals surface area contributed by atoms with Crippen molar-refractivity contribution in [2.45, 2.75) is 19.4 Å².